The summed E-state index contributed by atoms with van der Waals surface area (Å²) in [6.45, 7) is 10.1. The van der Waals surface area contributed by atoms with Crippen LogP contribution in [0, 0.1) is 5.41 Å². The van der Waals surface area contributed by atoms with E-state index in [-0.39, 0.29) is 5.91 Å². The van der Waals surface area contributed by atoms with Crippen LogP contribution in [0.2, 0.25) is 0 Å². The van der Waals surface area contributed by atoms with Crippen molar-refractivity contribution in [3.05, 3.63) is 29.8 Å². The van der Waals surface area contributed by atoms with E-state index in [0.29, 0.717) is 5.41 Å². The number of benzene rings is 1. The Bertz CT molecular complexity index is 382. The van der Waals surface area contributed by atoms with Gasteiger partial charge in [0.05, 0.1) is 0 Å². The predicted octanol–water partition coefficient (Wildman–Crippen LogP) is 3.17. The lowest BCUT2D eigenvalue weighted by atomic mass is 9.90. The SMILES string of the molecule is CCC(C)(C)CNCc1ccc(NC(C)=O)cc1. The zero-order chi connectivity index (χ0) is 13.6. The van der Waals surface area contributed by atoms with Gasteiger partial charge in [-0.15, -0.1) is 0 Å². The van der Waals surface area contributed by atoms with Crippen molar-refractivity contribution in [1.82, 2.24) is 5.32 Å². The molecule has 100 valence electrons. The Morgan fingerprint density at radius 2 is 1.83 bits per heavy atom. The summed E-state index contributed by atoms with van der Waals surface area (Å²) in [5.41, 5.74) is 2.42. The summed E-state index contributed by atoms with van der Waals surface area (Å²) in [6, 6.07) is 7.95. The molecule has 2 N–H and O–H groups in total. The minimum atomic E-state index is -0.0365. The molecule has 0 fully saturated rings. The van der Waals surface area contributed by atoms with E-state index < -0.39 is 0 Å². The maximum Gasteiger partial charge on any atom is 0.221 e. The highest BCUT2D eigenvalue weighted by Crippen LogP contribution is 2.18. The number of carbonyl (C=O) groups excluding carboxylic acids is 1. The maximum atomic E-state index is 10.9. The van der Waals surface area contributed by atoms with Crippen molar-refractivity contribution < 1.29 is 4.79 Å². The van der Waals surface area contributed by atoms with Crippen LogP contribution in [0.25, 0.3) is 0 Å². The molecule has 0 unspecified atom stereocenters. The molecule has 0 aliphatic carbocycles. The summed E-state index contributed by atoms with van der Waals surface area (Å²) < 4.78 is 0. The van der Waals surface area contributed by atoms with Crippen molar-refractivity contribution in [1.29, 1.82) is 0 Å². The lowest BCUT2D eigenvalue weighted by Gasteiger charge is -2.23. The van der Waals surface area contributed by atoms with Crippen LogP contribution in [0.15, 0.2) is 24.3 Å². The summed E-state index contributed by atoms with van der Waals surface area (Å²) in [5, 5.41) is 6.23. The Morgan fingerprint density at radius 3 is 2.33 bits per heavy atom. The first-order chi connectivity index (χ1) is 8.43. The van der Waals surface area contributed by atoms with Crippen molar-refractivity contribution in [2.24, 2.45) is 5.41 Å². The third-order valence-corrected chi connectivity index (χ3v) is 3.16. The Morgan fingerprint density at radius 1 is 1.22 bits per heavy atom. The van der Waals surface area contributed by atoms with Crippen LogP contribution in [-0.4, -0.2) is 12.5 Å². The number of carbonyl (C=O) groups is 1. The normalized spacial score (nSPS) is 11.3. The van der Waals surface area contributed by atoms with Crippen molar-refractivity contribution in [3.63, 3.8) is 0 Å². The fraction of sp³-hybridized carbons (Fsp3) is 0.533. The Hall–Kier alpha value is -1.35. The Kier molecular flexibility index (Phi) is 5.35. The molecule has 0 spiro atoms. The third kappa shape index (κ3) is 5.32. The smallest absolute Gasteiger partial charge is 0.221 e. The van der Waals surface area contributed by atoms with Crippen LogP contribution in [0.1, 0.15) is 39.7 Å². The second-order valence-corrected chi connectivity index (χ2v) is 5.50. The number of rotatable bonds is 6. The first-order valence-electron chi connectivity index (χ1n) is 6.50. The van der Waals surface area contributed by atoms with Crippen LogP contribution in [0.4, 0.5) is 5.69 Å². The zero-order valence-corrected chi connectivity index (χ0v) is 11.8. The van der Waals surface area contributed by atoms with Gasteiger partial charge in [0.15, 0.2) is 0 Å². The van der Waals surface area contributed by atoms with Crippen LogP contribution in [0.3, 0.4) is 0 Å². The third-order valence-electron chi connectivity index (χ3n) is 3.16. The summed E-state index contributed by atoms with van der Waals surface area (Å²) in [6.07, 6.45) is 1.17. The van der Waals surface area contributed by atoms with E-state index in [4.69, 9.17) is 0 Å². The molecule has 0 heterocycles. The van der Waals surface area contributed by atoms with Crippen molar-refractivity contribution in [2.45, 2.75) is 40.7 Å². The van der Waals surface area contributed by atoms with Gasteiger partial charge in [0.25, 0.3) is 0 Å². The monoisotopic (exact) mass is 248 g/mol. The first-order valence-corrected chi connectivity index (χ1v) is 6.50. The molecule has 1 aromatic carbocycles. The van der Waals surface area contributed by atoms with E-state index in [0.717, 1.165) is 18.8 Å². The Labute approximate surface area is 110 Å². The van der Waals surface area contributed by atoms with Crippen LogP contribution < -0.4 is 10.6 Å². The molecule has 0 aromatic heterocycles. The van der Waals surface area contributed by atoms with Gasteiger partial charge in [-0.2, -0.15) is 0 Å². The van der Waals surface area contributed by atoms with Crippen molar-refractivity contribution >= 4 is 11.6 Å². The lowest BCUT2D eigenvalue weighted by Crippen LogP contribution is -2.28. The summed E-state index contributed by atoms with van der Waals surface area (Å²) >= 11 is 0. The van der Waals surface area contributed by atoms with Crippen molar-refractivity contribution in [2.75, 3.05) is 11.9 Å². The van der Waals surface area contributed by atoms with Gasteiger partial charge in [0.2, 0.25) is 5.91 Å². The quantitative estimate of drug-likeness (QED) is 0.812. The second kappa shape index (κ2) is 6.55. The van der Waals surface area contributed by atoms with Gasteiger partial charge in [-0.25, -0.2) is 0 Å². The molecule has 0 saturated heterocycles. The largest absolute Gasteiger partial charge is 0.326 e. The van der Waals surface area contributed by atoms with Gasteiger partial charge >= 0.3 is 0 Å². The average Bonchev–Trinajstić information content (AvgIpc) is 2.30. The summed E-state index contributed by atoms with van der Waals surface area (Å²) in [5.74, 6) is -0.0365. The topological polar surface area (TPSA) is 41.1 Å². The minimum Gasteiger partial charge on any atom is -0.326 e. The molecular formula is C15H24N2O. The highest BCUT2D eigenvalue weighted by Gasteiger charge is 2.13. The molecule has 1 aromatic rings. The predicted molar refractivity (Wildman–Crippen MR) is 76.5 cm³/mol. The first kappa shape index (κ1) is 14.7. The molecular weight excluding hydrogens is 224 g/mol. The van der Waals surface area contributed by atoms with Crippen LogP contribution in [-0.2, 0) is 11.3 Å². The minimum absolute atomic E-state index is 0.0365. The van der Waals surface area contributed by atoms with Gasteiger partial charge in [-0.05, 0) is 29.5 Å². The molecule has 3 heteroatoms. The maximum absolute atomic E-state index is 10.9. The molecule has 1 rings (SSSR count). The van der Waals surface area contributed by atoms with E-state index >= 15 is 0 Å². The van der Waals surface area contributed by atoms with E-state index in [1.807, 2.05) is 24.3 Å². The number of nitrogens with one attached hydrogen (secondary N) is 2. The van der Waals surface area contributed by atoms with Crippen molar-refractivity contribution in [3.8, 4) is 0 Å². The molecule has 0 aliphatic heterocycles. The summed E-state index contributed by atoms with van der Waals surface area (Å²) in [7, 11) is 0. The van der Waals surface area contributed by atoms with E-state index in [1.54, 1.807) is 0 Å². The fourth-order valence-electron chi connectivity index (χ4n) is 1.58. The van der Waals surface area contributed by atoms with Crippen LogP contribution in [0.5, 0.6) is 0 Å². The van der Waals surface area contributed by atoms with Gasteiger partial charge in [-0.1, -0.05) is 32.9 Å². The average molecular weight is 248 g/mol. The van der Waals surface area contributed by atoms with E-state index in [2.05, 4.69) is 31.4 Å². The van der Waals surface area contributed by atoms with Gasteiger partial charge in [-0.3, -0.25) is 4.79 Å². The van der Waals surface area contributed by atoms with Gasteiger partial charge < -0.3 is 10.6 Å². The number of hydrogen-bond acceptors (Lipinski definition) is 2. The van der Waals surface area contributed by atoms with Gasteiger partial charge in [0, 0.05) is 25.7 Å². The molecule has 3 nitrogen and oxygen atoms in total. The molecule has 0 radical (unpaired) electrons. The van der Waals surface area contributed by atoms with Gasteiger partial charge in [0.1, 0.15) is 0 Å². The van der Waals surface area contributed by atoms with Crippen LogP contribution >= 0.6 is 0 Å². The van der Waals surface area contributed by atoms with E-state index in [9.17, 15) is 4.79 Å². The molecule has 0 atom stereocenters. The van der Waals surface area contributed by atoms with E-state index in [1.165, 1.54) is 18.9 Å². The highest BCUT2D eigenvalue weighted by molar-refractivity contribution is 5.88. The second-order valence-electron chi connectivity index (χ2n) is 5.50. The molecule has 1 amide bonds. The zero-order valence-electron chi connectivity index (χ0n) is 11.8. The number of amides is 1. The molecule has 18 heavy (non-hydrogen) atoms. The standard InChI is InChI=1S/C15H24N2O/c1-5-15(3,4)11-16-10-13-6-8-14(9-7-13)17-12(2)18/h6-9,16H,5,10-11H2,1-4H3,(H,17,18). The lowest BCUT2D eigenvalue weighted by molar-refractivity contribution is -0.114. The fourth-order valence-corrected chi connectivity index (χ4v) is 1.58. The highest BCUT2D eigenvalue weighted by atomic mass is 16.1. The Balaban J connectivity index is 2.42. The molecule has 0 saturated carbocycles. The number of hydrogen-bond donors (Lipinski definition) is 2. The molecule has 0 aliphatic rings. The summed E-state index contributed by atoms with van der Waals surface area (Å²) in [4.78, 5) is 10.9. The molecule has 0 bridgehead atoms. The number of anilines is 1.